The Labute approximate surface area is 252 Å². The number of halogens is 5. The van der Waals surface area contributed by atoms with Gasteiger partial charge in [-0.2, -0.15) is 0 Å². The molecule has 8 nitrogen and oxygen atoms in total. The van der Waals surface area contributed by atoms with E-state index < -0.39 is 53.6 Å². The highest BCUT2D eigenvalue weighted by atomic mass is 19.3. The zero-order chi connectivity index (χ0) is 32.4. The zero-order valence-electron chi connectivity index (χ0n) is 24.0. The fourth-order valence-corrected chi connectivity index (χ4v) is 4.81. The summed E-state index contributed by atoms with van der Waals surface area (Å²) in [4.78, 5) is 35.4. The van der Waals surface area contributed by atoms with Crippen LogP contribution in [0.1, 0.15) is 21.6 Å². The van der Waals surface area contributed by atoms with E-state index in [0.29, 0.717) is 11.3 Å². The maximum absolute atomic E-state index is 15.2. The third kappa shape index (κ3) is 6.33. The SMILES string of the molecule is COc1cc2nccc(Oc3ccc(CC(=O)c4c(C)n(CC(F)F)cc(-c5ccc(F)c(F)c5)c4=O)cc3F)c2nc1OC. The molecule has 3 aromatic heterocycles. The maximum Gasteiger partial charge on any atom is 0.257 e. The molecule has 2 aromatic carbocycles. The van der Waals surface area contributed by atoms with Crippen LogP contribution in [-0.4, -0.2) is 41.0 Å². The topological polar surface area (TPSA) is 92.5 Å². The van der Waals surface area contributed by atoms with Crippen molar-refractivity contribution in [3.63, 3.8) is 0 Å². The lowest BCUT2D eigenvalue weighted by atomic mass is 9.97. The Hall–Kier alpha value is -5.33. The Morgan fingerprint density at radius 1 is 0.911 bits per heavy atom. The van der Waals surface area contributed by atoms with Gasteiger partial charge >= 0.3 is 0 Å². The summed E-state index contributed by atoms with van der Waals surface area (Å²) >= 11 is 0. The van der Waals surface area contributed by atoms with Crippen molar-refractivity contribution in [3.8, 4) is 34.3 Å². The quantitative estimate of drug-likeness (QED) is 0.126. The number of ketones is 1. The van der Waals surface area contributed by atoms with Gasteiger partial charge in [-0.15, -0.1) is 0 Å². The predicted octanol–water partition coefficient (Wildman–Crippen LogP) is 6.68. The molecular formula is C32H24F5N3O5. The minimum Gasteiger partial charge on any atom is -0.491 e. The molecule has 0 saturated carbocycles. The lowest BCUT2D eigenvalue weighted by Gasteiger charge is -2.17. The molecule has 0 aliphatic carbocycles. The molecule has 0 saturated heterocycles. The summed E-state index contributed by atoms with van der Waals surface area (Å²) in [5.41, 5.74) is -0.899. The van der Waals surface area contributed by atoms with Crippen LogP contribution in [0.5, 0.6) is 23.1 Å². The fraction of sp³-hybridized carbons (Fsp3) is 0.188. The molecule has 0 bridgehead atoms. The number of hydrogen-bond donors (Lipinski definition) is 0. The van der Waals surface area contributed by atoms with Gasteiger partial charge in [0.15, 0.2) is 45.9 Å². The molecule has 45 heavy (non-hydrogen) atoms. The van der Waals surface area contributed by atoms with Crippen LogP contribution in [0.3, 0.4) is 0 Å². The second kappa shape index (κ2) is 12.7. The molecule has 13 heteroatoms. The molecule has 0 amide bonds. The predicted molar refractivity (Wildman–Crippen MR) is 154 cm³/mol. The normalized spacial score (nSPS) is 11.2. The molecule has 5 aromatic rings. The molecule has 3 heterocycles. The highest BCUT2D eigenvalue weighted by Crippen LogP contribution is 2.35. The standard InChI is InChI=1S/C32H24F5N3O5/c1-16-29(31(42)19(14-40(16)15-28(36)37)18-5-6-20(33)21(34)12-18)24(41)11-17-4-7-25(22(35)10-17)45-26-8-9-38-23-13-27(43-2)32(44-3)39-30(23)26/h4-10,12-14,28H,11,15H2,1-3H3. The molecule has 232 valence electrons. The highest BCUT2D eigenvalue weighted by Gasteiger charge is 2.23. The van der Waals surface area contributed by atoms with E-state index in [9.17, 15) is 27.2 Å². The number of methoxy groups -OCH3 is 2. The Kier molecular flexibility index (Phi) is 8.80. The molecular weight excluding hydrogens is 601 g/mol. The summed E-state index contributed by atoms with van der Waals surface area (Å²) in [5, 5.41) is 0. The van der Waals surface area contributed by atoms with E-state index >= 15 is 4.39 Å². The first-order valence-electron chi connectivity index (χ1n) is 13.4. The number of Topliss-reactive ketones (excluding diaryl/α,β-unsaturated/α-hetero) is 1. The van der Waals surface area contributed by atoms with Gasteiger partial charge in [0.05, 0.1) is 31.8 Å². The molecule has 0 spiro atoms. The Morgan fingerprint density at radius 2 is 1.69 bits per heavy atom. The summed E-state index contributed by atoms with van der Waals surface area (Å²) in [7, 11) is 2.85. The molecule has 0 atom stereocenters. The summed E-state index contributed by atoms with van der Waals surface area (Å²) in [5.74, 6) is -3.60. The van der Waals surface area contributed by atoms with Gasteiger partial charge in [0.2, 0.25) is 0 Å². The molecule has 0 aliphatic heterocycles. The van der Waals surface area contributed by atoms with E-state index in [1.807, 2.05) is 0 Å². The average molecular weight is 626 g/mol. The van der Waals surface area contributed by atoms with E-state index in [4.69, 9.17) is 14.2 Å². The van der Waals surface area contributed by atoms with Crippen LogP contribution < -0.4 is 19.6 Å². The van der Waals surface area contributed by atoms with Crippen LogP contribution in [-0.2, 0) is 13.0 Å². The average Bonchev–Trinajstić information content (AvgIpc) is 3.00. The van der Waals surface area contributed by atoms with Crippen molar-refractivity contribution in [2.24, 2.45) is 0 Å². The van der Waals surface area contributed by atoms with Crippen LogP contribution in [0.4, 0.5) is 22.0 Å². The Balaban J connectivity index is 1.47. The van der Waals surface area contributed by atoms with Crippen molar-refractivity contribution in [1.82, 2.24) is 14.5 Å². The molecule has 0 fully saturated rings. The smallest absolute Gasteiger partial charge is 0.257 e. The summed E-state index contributed by atoms with van der Waals surface area (Å²) in [6.07, 6.45) is -0.805. The van der Waals surface area contributed by atoms with Crippen LogP contribution in [0.25, 0.3) is 22.2 Å². The fourth-order valence-electron chi connectivity index (χ4n) is 4.81. The summed E-state index contributed by atoms with van der Waals surface area (Å²) in [6.45, 7) is 0.460. The number of pyridine rings is 3. The van der Waals surface area contributed by atoms with Crippen molar-refractivity contribution in [1.29, 1.82) is 0 Å². The van der Waals surface area contributed by atoms with Gasteiger partial charge in [-0.05, 0) is 42.3 Å². The number of carbonyl (C=O) groups excluding carboxylic acids is 1. The number of fused-ring (bicyclic) bond motifs is 1. The van der Waals surface area contributed by atoms with Crippen molar-refractivity contribution in [2.45, 2.75) is 26.3 Å². The molecule has 0 N–H and O–H groups in total. The van der Waals surface area contributed by atoms with Crippen molar-refractivity contribution in [3.05, 3.63) is 105 Å². The number of rotatable bonds is 10. The molecule has 5 rings (SSSR count). The van der Waals surface area contributed by atoms with Gasteiger partial charge in [-0.1, -0.05) is 12.1 Å². The van der Waals surface area contributed by atoms with Gasteiger partial charge in [0.1, 0.15) is 5.52 Å². The number of carbonyl (C=O) groups is 1. The maximum atomic E-state index is 15.2. The van der Waals surface area contributed by atoms with Gasteiger partial charge in [0, 0.05) is 42.2 Å². The van der Waals surface area contributed by atoms with Crippen LogP contribution in [0.2, 0.25) is 0 Å². The third-order valence-electron chi connectivity index (χ3n) is 7.00. The number of hydrogen-bond acceptors (Lipinski definition) is 7. The van der Waals surface area contributed by atoms with Crippen molar-refractivity contribution in [2.75, 3.05) is 14.2 Å². The number of aromatic nitrogens is 3. The monoisotopic (exact) mass is 625 g/mol. The van der Waals surface area contributed by atoms with E-state index in [2.05, 4.69) is 9.97 Å². The van der Waals surface area contributed by atoms with Gasteiger partial charge in [-0.25, -0.2) is 26.9 Å². The number of alkyl halides is 2. The molecule has 0 aliphatic rings. The number of nitrogens with zero attached hydrogens (tertiary/aromatic N) is 3. The van der Waals surface area contributed by atoms with E-state index in [-0.39, 0.29) is 45.3 Å². The van der Waals surface area contributed by atoms with E-state index in [0.717, 1.165) is 35.0 Å². The van der Waals surface area contributed by atoms with E-state index in [1.54, 1.807) is 6.07 Å². The largest absolute Gasteiger partial charge is 0.491 e. The lowest BCUT2D eigenvalue weighted by molar-refractivity contribution is 0.0986. The number of benzene rings is 2. The van der Waals surface area contributed by atoms with Crippen LogP contribution in [0.15, 0.2) is 65.7 Å². The first kappa shape index (κ1) is 31.1. The van der Waals surface area contributed by atoms with Crippen molar-refractivity contribution < 1.29 is 41.0 Å². The van der Waals surface area contributed by atoms with Crippen molar-refractivity contribution >= 4 is 16.8 Å². The second-order valence-corrected chi connectivity index (χ2v) is 9.85. The van der Waals surface area contributed by atoms with Gasteiger partial charge in [-0.3, -0.25) is 14.6 Å². The minimum absolute atomic E-state index is 0.0545. The highest BCUT2D eigenvalue weighted by molar-refractivity contribution is 5.99. The molecule has 0 radical (unpaired) electrons. The summed E-state index contributed by atoms with van der Waals surface area (Å²) < 4.78 is 86.7. The van der Waals surface area contributed by atoms with Crippen LogP contribution in [0, 0.1) is 24.4 Å². The third-order valence-corrected chi connectivity index (χ3v) is 7.00. The van der Waals surface area contributed by atoms with E-state index in [1.165, 1.54) is 45.5 Å². The van der Waals surface area contributed by atoms with Gasteiger partial charge < -0.3 is 18.8 Å². The van der Waals surface area contributed by atoms with Gasteiger partial charge in [0.25, 0.3) is 12.3 Å². The summed E-state index contributed by atoms with van der Waals surface area (Å²) in [6, 6.07) is 9.42. The molecule has 0 unspecified atom stereocenters. The second-order valence-electron chi connectivity index (χ2n) is 9.85. The van der Waals surface area contributed by atoms with Crippen LogP contribution >= 0.6 is 0 Å². The first-order valence-corrected chi connectivity index (χ1v) is 13.4. The first-order chi connectivity index (χ1) is 21.5. The number of ether oxygens (including phenoxy) is 3. The zero-order valence-corrected chi connectivity index (χ0v) is 24.0. The Bertz CT molecular complexity index is 2000. The minimum atomic E-state index is -2.84. The lowest BCUT2D eigenvalue weighted by Crippen LogP contribution is -2.26. The Morgan fingerprint density at radius 3 is 2.36 bits per heavy atom.